The Morgan fingerprint density at radius 2 is 2.27 bits per heavy atom. The van der Waals surface area contributed by atoms with Crippen LogP contribution in [-0.4, -0.2) is 48.9 Å². The lowest BCUT2D eigenvalue weighted by atomic mass is 10.1. The van der Waals surface area contributed by atoms with Crippen molar-refractivity contribution >= 4 is 11.8 Å². The summed E-state index contributed by atoms with van der Waals surface area (Å²) >= 11 is 0. The minimum absolute atomic E-state index is 0.00358. The van der Waals surface area contributed by atoms with Gasteiger partial charge in [0.25, 0.3) is 0 Å². The Balaban J connectivity index is 1.97. The fourth-order valence-corrected chi connectivity index (χ4v) is 2.18. The molecule has 2 atom stereocenters. The quantitative estimate of drug-likeness (QED) is 0.581. The Morgan fingerprint density at radius 1 is 1.47 bits per heavy atom. The zero-order valence-corrected chi connectivity index (χ0v) is 8.95. The van der Waals surface area contributed by atoms with Crippen molar-refractivity contribution in [1.82, 2.24) is 15.5 Å². The minimum Gasteiger partial charge on any atom is -0.355 e. The average Bonchev–Trinajstić information content (AvgIpc) is 2.65. The van der Waals surface area contributed by atoms with Gasteiger partial charge in [-0.15, -0.1) is 0 Å². The monoisotopic (exact) mass is 211 g/mol. The molecule has 2 N–H and O–H groups in total. The first-order valence-electron chi connectivity index (χ1n) is 5.46. The van der Waals surface area contributed by atoms with Gasteiger partial charge in [0.1, 0.15) is 0 Å². The number of hydrogen-bond donors (Lipinski definition) is 2. The van der Waals surface area contributed by atoms with Crippen LogP contribution in [0.25, 0.3) is 0 Å². The third-order valence-corrected chi connectivity index (χ3v) is 3.11. The van der Waals surface area contributed by atoms with Crippen molar-refractivity contribution < 1.29 is 9.59 Å². The molecule has 0 aromatic rings. The van der Waals surface area contributed by atoms with Crippen LogP contribution in [0.2, 0.25) is 0 Å². The Hall–Kier alpha value is -1.10. The molecule has 84 valence electrons. The second-order valence-electron chi connectivity index (χ2n) is 4.29. The summed E-state index contributed by atoms with van der Waals surface area (Å²) in [6, 6.07) is 0.238. The van der Waals surface area contributed by atoms with Crippen molar-refractivity contribution in [3.8, 4) is 0 Å². The highest BCUT2D eigenvalue weighted by Crippen LogP contribution is 2.15. The maximum absolute atomic E-state index is 12.1. The van der Waals surface area contributed by atoms with Crippen LogP contribution >= 0.6 is 0 Å². The number of piperazine rings is 1. The summed E-state index contributed by atoms with van der Waals surface area (Å²) in [7, 11) is 0. The van der Waals surface area contributed by atoms with E-state index in [1.54, 1.807) is 0 Å². The zero-order valence-electron chi connectivity index (χ0n) is 8.95. The normalized spacial score (nSPS) is 31.5. The number of amides is 2. The summed E-state index contributed by atoms with van der Waals surface area (Å²) in [6.07, 6.45) is 0.357. The molecule has 2 fully saturated rings. The molecule has 0 radical (unpaired) electrons. The van der Waals surface area contributed by atoms with E-state index in [0.717, 1.165) is 19.6 Å². The average molecular weight is 211 g/mol. The van der Waals surface area contributed by atoms with E-state index in [-0.39, 0.29) is 23.8 Å². The predicted octanol–water partition coefficient (Wildman–Crippen LogP) is -1.06. The number of hydrogen-bond acceptors (Lipinski definition) is 3. The minimum atomic E-state index is -0.141. The molecule has 5 nitrogen and oxygen atoms in total. The molecular formula is C10H17N3O2. The molecule has 2 unspecified atom stereocenters. The molecule has 0 aromatic carbocycles. The highest BCUT2D eigenvalue weighted by molar-refractivity contribution is 5.89. The van der Waals surface area contributed by atoms with E-state index in [0.29, 0.717) is 13.0 Å². The number of carbonyl (C=O) groups excluding carboxylic acids is 2. The van der Waals surface area contributed by atoms with Crippen LogP contribution in [0, 0.1) is 5.92 Å². The summed E-state index contributed by atoms with van der Waals surface area (Å²) in [5.74, 6) is -0.0171. The maximum Gasteiger partial charge on any atom is 0.228 e. The van der Waals surface area contributed by atoms with Crippen LogP contribution < -0.4 is 10.6 Å². The van der Waals surface area contributed by atoms with E-state index < -0.39 is 0 Å². The standard InChI is InChI=1S/C10H17N3O2/c1-7-5-11-2-3-13(7)10(15)8-4-9(14)12-6-8/h7-8,11H,2-6H2,1H3,(H,12,14). The highest BCUT2D eigenvalue weighted by Gasteiger charge is 2.33. The molecule has 2 aliphatic rings. The van der Waals surface area contributed by atoms with Gasteiger partial charge in [-0.3, -0.25) is 9.59 Å². The lowest BCUT2D eigenvalue weighted by Crippen LogP contribution is -2.54. The fourth-order valence-electron chi connectivity index (χ4n) is 2.18. The lowest BCUT2D eigenvalue weighted by molar-refractivity contribution is -0.138. The van der Waals surface area contributed by atoms with Gasteiger partial charge in [0.2, 0.25) is 11.8 Å². The van der Waals surface area contributed by atoms with Crippen LogP contribution in [0.4, 0.5) is 0 Å². The van der Waals surface area contributed by atoms with Gasteiger partial charge < -0.3 is 15.5 Å². The second kappa shape index (κ2) is 4.18. The molecule has 2 amide bonds. The predicted molar refractivity (Wildman–Crippen MR) is 55.2 cm³/mol. The van der Waals surface area contributed by atoms with Gasteiger partial charge in [0, 0.05) is 38.6 Å². The molecule has 2 aliphatic heterocycles. The molecule has 2 saturated heterocycles. The summed E-state index contributed by atoms with van der Waals surface area (Å²) < 4.78 is 0. The van der Waals surface area contributed by atoms with E-state index >= 15 is 0 Å². The Labute approximate surface area is 89.2 Å². The summed E-state index contributed by atoms with van der Waals surface area (Å²) in [5, 5.41) is 5.94. The van der Waals surface area contributed by atoms with Gasteiger partial charge >= 0.3 is 0 Å². The van der Waals surface area contributed by atoms with E-state index in [1.165, 1.54) is 0 Å². The van der Waals surface area contributed by atoms with Crippen molar-refractivity contribution in [2.75, 3.05) is 26.2 Å². The Kier molecular flexibility index (Phi) is 2.90. The number of carbonyl (C=O) groups is 2. The van der Waals surface area contributed by atoms with Gasteiger partial charge in [0.15, 0.2) is 0 Å². The van der Waals surface area contributed by atoms with E-state index in [1.807, 2.05) is 11.8 Å². The van der Waals surface area contributed by atoms with Gasteiger partial charge in [-0.25, -0.2) is 0 Å². The highest BCUT2D eigenvalue weighted by atomic mass is 16.2. The third kappa shape index (κ3) is 2.12. The summed E-state index contributed by atoms with van der Waals surface area (Å²) in [6.45, 7) is 5.00. The van der Waals surface area contributed by atoms with Crippen molar-refractivity contribution in [1.29, 1.82) is 0 Å². The smallest absolute Gasteiger partial charge is 0.228 e. The summed E-state index contributed by atoms with van der Waals surface area (Å²) in [4.78, 5) is 25.0. The number of rotatable bonds is 1. The number of nitrogens with one attached hydrogen (secondary N) is 2. The maximum atomic E-state index is 12.1. The lowest BCUT2D eigenvalue weighted by Gasteiger charge is -2.35. The SMILES string of the molecule is CC1CNCCN1C(=O)C1CNC(=O)C1. The van der Waals surface area contributed by atoms with E-state index in [2.05, 4.69) is 10.6 Å². The van der Waals surface area contributed by atoms with Crippen molar-refractivity contribution in [3.05, 3.63) is 0 Å². The van der Waals surface area contributed by atoms with Crippen LogP contribution in [-0.2, 0) is 9.59 Å². The first kappa shape index (κ1) is 10.4. The van der Waals surface area contributed by atoms with Crippen LogP contribution in [0.15, 0.2) is 0 Å². The molecule has 15 heavy (non-hydrogen) atoms. The topological polar surface area (TPSA) is 61.4 Å². The van der Waals surface area contributed by atoms with E-state index in [9.17, 15) is 9.59 Å². The largest absolute Gasteiger partial charge is 0.355 e. The zero-order chi connectivity index (χ0) is 10.8. The van der Waals surface area contributed by atoms with E-state index in [4.69, 9.17) is 0 Å². The number of nitrogens with zero attached hydrogens (tertiary/aromatic N) is 1. The summed E-state index contributed by atoms with van der Waals surface area (Å²) in [5.41, 5.74) is 0. The first-order valence-corrected chi connectivity index (χ1v) is 5.46. The molecule has 0 saturated carbocycles. The van der Waals surface area contributed by atoms with Gasteiger partial charge in [-0.05, 0) is 6.92 Å². The Bertz CT molecular complexity index is 280. The van der Waals surface area contributed by atoms with Crippen LogP contribution in [0.5, 0.6) is 0 Å². The van der Waals surface area contributed by atoms with Gasteiger partial charge in [-0.2, -0.15) is 0 Å². The molecular weight excluding hydrogens is 194 g/mol. The van der Waals surface area contributed by atoms with Gasteiger partial charge in [0.05, 0.1) is 5.92 Å². The van der Waals surface area contributed by atoms with Crippen molar-refractivity contribution in [2.24, 2.45) is 5.92 Å². The molecule has 0 aromatic heterocycles. The molecule has 2 rings (SSSR count). The molecule has 0 spiro atoms. The van der Waals surface area contributed by atoms with Crippen molar-refractivity contribution in [3.63, 3.8) is 0 Å². The molecule has 0 bridgehead atoms. The van der Waals surface area contributed by atoms with Gasteiger partial charge in [-0.1, -0.05) is 0 Å². The Morgan fingerprint density at radius 3 is 2.87 bits per heavy atom. The van der Waals surface area contributed by atoms with Crippen molar-refractivity contribution in [2.45, 2.75) is 19.4 Å². The molecule has 0 aliphatic carbocycles. The molecule has 5 heteroatoms. The third-order valence-electron chi connectivity index (χ3n) is 3.11. The fraction of sp³-hybridized carbons (Fsp3) is 0.800. The molecule has 2 heterocycles. The van der Waals surface area contributed by atoms with Crippen LogP contribution in [0.3, 0.4) is 0 Å². The first-order chi connectivity index (χ1) is 7.18. The second-order valence-corrected chi connectivity index (χ2v) is 4.29. The van der Waals surface area contributed by atoms with Crippen LogP contribution in [0.1, 0.15) is 13.3 Å².